The molecule has 0 saturated heterocycles. The molecule has 0 atom stereocenters. The predicted molar refractivity (Wildman–Crippen MR) is 93.5 cm³/mol. The number of nitrogen functional groups attached to an aromatic ring is 1. The molecule has 0 spiro atoms. The molecule has 1 aromatic heterocycles. The summed E-state index contributed by atoms with van der Waals surface area (Å²) >= 11 is 5.97. The number of halogens is 2. The van der Waals surface area contributed by atoms with Gasteiger partial charge in [0.05, 0.1) is 10.6 Å². The van der Waals surface area contributed by atoms with Gasteiger partial charge in [-0.25, -0.2) is 9.37 Å². The third-order valence-electron chi connectivity index (χ3n) is 2.97. The molecule has 2 N–H and O–H groups in total. The Morgan fingerprint density at radius 3 is 2.39 bits per heavy atom. The first-order chi connectivity index (χ1) is 11.0. The third kappa shape index (κ3) is 5.03. The number of ketones is 1. The standard InChI is InChI=1S/C15H14ClFN2O.C3H8/c1-2-3-9-4-6-11(16)13(14(9)17)15(20)10-5-7-12(18)19-8-10;1-3-2/h4-8H,2-3H2,1H3,(H2,18,19);3H2,1-2H3. The van der Waals surface area contributed by atoms with Gasteiger partial charge in [-0.1, -0.05) is 51.3 Å². The first-order valence-electron chi connectivity index (χ1n) is 7.69. The Balaban J connectivity index is 0.000000816. The SMILES string of the molecule is CCC.CCCc1ccc(Cl)c(C(=O)c2ccc(N)nc2)c1F. The van der Waals surface area contributed by atoms with Crippen LogP contribution in [0.1, 0.15) is 55.1 Å². The summed E-state index contributed by atoms with van der Waals surface area (Å²) in [7, 11) is 0. The zero-order chi connectivity index (χ0) is 17.4. The minimum Gasteiger partial charge on any atom is -0.384 e. The fourth-order valence-corrected chi connectivity index (χ4v) is 2.18. The van der Waals surface area contributed by atoms with Crippen LogP contribution in [0.15, 0.2) is 30.5 Å². The number of rotatable bonds is 4. The van der Waals surface area contributed by atoms with Gasteiger partial charge in [0.15, 0.2) is 5.78 Å². The van der Waals surface area contributed by atoms with Crippen molar-refractivity contribution in [2.45, 2.75) is 40.0 Å². The monoisotopic (exact) mass is 336 g/mol. The number of carbonyl (C=O) groups is 1. The van der Waals surface area contributed by atoms with Crippen LogP contribution in [0.5, 0.6) is 0 Å². The molecule has 0 amide bonds. The molecule has 23 heavy (non-hydrogen) atoms. The highest BCUT2D eigenvalue weighted by Gasteiger charge is 2.20. The normalized spacial score (nSPS) is 9.96. The van der Waals surface area contributed by atoms with Gasteiger partial charge in [0.25, 0.3) is 0 Å². The molecular weight excluding hydrogens is 315 g/mol. The summed E-state index contributed by atoms with van der Waals surface area (Å²) in [5.41, 5.74) is 6.11. The first kappa shape index (κ1) is 19.1. The molecule has 0 fully saturated rings. The van der Waals surface area contributed by atoms with E-state index < -0.39 is 11.6 Å². The fourth-order valence-electron chi connectivity index (χ4n) is 1.95. The summed E-state index contributed by atoms with van der Waals surface area (Å²) < 4.78 is 14.4. The summed E-state index contributed by atoms with van der Waals surface area (Å²) in [5, 5.41) is 0.101. The average molecular weight is 337 g/mol. The molecule has 0 aliphatic carbocycles. The number of hydrogen-bond donors (Lipinski definition) is 1. The molecule has 1 heterocycles. The van der Waals surface area contributed by atoms with Crippen molar-refractivity contribution in [3.05, 3.63) is 58.0 Å². The van der Waals surface area contributed by atoms with Gasteiger partial charge >= 0.3 is 0 Å². The lowest BCUT2D eigenvalue weighted by molar-refractivity contribution is 0.103. The van der Waals surface area contributed by atoms with Crippen LogP contribution in [0.2, 0.25) is 5.02 Å². The molecule has 2 rings (SSSR count). The van der Waals surface area contributed by atoms with Gasteiger partial charge < -0.3 is 5.73 Å². The quantitative estimate of drug-likeness (QED) is 0.794. The topological polar surface area (TPSA) is 56.0 Å². The van der Waals surface area contributed by atoms with Crippen LogP contribution in [-0.2, 0) is 6.42 Å². The third-order valence-corrected chi connectivity index (χ3v) is 3.28. The summed E-state index contributed by atoms with van der Waals surface area (Å²) in [6.07, 6.45) is 3.92. The van der Waals surface area contributed by atoms with Crippen LogP contribution < -0.4 is 5.73 Å². The fraction of sp³-hybridized carbons (Fsp3) is 0.333. The van der Waals surface area contributed by atoms with Crippen LogP contribution in [0.25, 0.3) is 0 Å². The number of anilines is 1. The number of benzene rings is 1. The maximum atomic E-state index is 14.4. The van der Waals surface area contributed by atoms with Gasteiger partial charge in [-0.05, 0) is 30.2 Å². The molecule has 0 aliphatic rings. The van der Waals surface area contributed by atoms with E-state index >= 15 is 0 Å². The zero-order valence-electron chi connectivity index (χ0n) is 13.7. The average Bonchev–Trinajstić information content (AvgIpc) is 2.52. The van der Waals surface area contributed by atoms with Gasteiger partial charge in [-0.2, -0.15) is 0 Å². The number of carbonyl (C=O) groups excluding carboxylic acids is 1. The minimum atomic E-state index is -0.554. The second-order valence-corrected chi connectivity index (χ2v) is 5.56. The van der Waals surface area contributed by atoms with Crippen LogP contribution in [0.4, 0.5) is 10.2 Å². The number of aromatic nitrogens is 1. The van der Waals surface area contributed by atoms with Crippen molar-refractivity contribution in [3.63, 3.8) is 0 Å². The summed E-state index contributed by atoms with van der Waals surface area (Å²) in [5.74, 6) is -0.744. The molecule has 5 heteroatoms. The van der Waals surface area contributed by atoms with Crippen molar-refractivity contribution in [1.29, 1.82) is 0 Å². The van der Waals surface area contributed by atoms with Crippen molar-refractivity contribution in [1.82, 2.24) is 4.98 Å². The number of nitrogens with zero attached hydrogens (tertiary/aromatic N) is 1. The van der Waals surface area contributed by atoms with Crippen molar-refractivity contribution in [2.75, 3.05) is 5.73 Å². The molecule has 3 nitrogen and oxygen atoms in total. The largest absolute Gasteiger partial charge is 0.384 e. The number of hydrogen-bond acceptors (Lipinski definition) is 3. The summed E-state index contributed by atoms with van der Waals surface area (Å²) in [4.78, 5) is 16.2. The predicted octanol–water partition coefficient (Wildman–Crippen LogP) is 5.06. The van der Waals surface area contributed by atoms with Crippen LogP contribution in [0.3, 0.4) is 0 Å². The van der Waals surface area contributed by atoms with E-state index in [1.165, 1.54) is 24.8 Å². The lowest BCUT2D eigenvalue weighted by Gasteiger charge is -2.09. The van der Waals surface area contributed by atoms with Crippen molar-refractivity contribution >= 4 is 23.2 Å². The van der Waals surface area contributed by atoms with Crippen LogP contribution in [-0.4, -0.2) is 10.8 Å². The second kappa shape index (κ2) is 9.26. The van der Waals surface area contributed by atoms with Gasteiger partial charge in [0.2, 0.25) is 0 Å². The Bertz CT molecular complexity index is 657. The highest BCUT2D eigenvalue weighted by molar-refractivity contribution is 6.35. The summed E-state index contributed by atoms with van der Waals surface area (Å²) in [6, 6.07) is 6.16. The summed E-state index contributed by atoms with van der Waals surface area (Å²) in [6.45, 7) is 6.19. The molecule has 124 valence electrons. The Morgan fingerprint density at radius 1 is 1.22 bits per heavy atom. The molecule has 0 unspecified atom stereocenters. The molecule has 0 bridgehead atoms. The van der Waals surface area contributed by atoms with Crippen LogP contribution >= 0.6 is 11.6 Å². The number of aryl methyl sites for hydroxylation is 1. The van der Waals surface area contributed by atoms with E-state index in [1.807, 2.05) is 6.92 Å². The smallest absolute Gasteiger partial charge is 0.199 e. The van der Waals surface area contributed by atoms with E-state index in [9.17, 15) is 9.18 Å². The molecule has 0 saturated carbocycles. The maximum absolute atomic E-state index is 14.4. The lowest BCUT2D eigenvalue weighted by atomic mass is 9.99. The van der Waals surface area contributed by atoms with Gasteiger partial charge in [0, 0.05) is 11.8 Å². The highest BCUT2D eigenvalue weighted by atomic mass is 35.5. The molecular formula is C18H22ClFN2O. The molecule has 1 aromatic carbocycles. The van der Waals surface area contributed by atoms with E-state index in [4.69, 9.17) is 17.3 Å². The Kier molecular flexibility index (Phi) is 7.69. The van der Waals surface area contributed by atoms with Crippen LogP contribution in [0, 0.1) is 5.82 Å². The van der Waals surface area contributed by atoms with Gasteiger partial charge in [-0.3, -0.25) is 4.79 Å². The second-order valence-electron chi connectivity index (χ2n) is 5.15. The van der Waals surface area contributed by atoms with Gasteiger partial charge in [-0.15, -0.1) is 0 Å². The van der Waals surface area contributed by atoms with Gasteiger partial charge in [0.1, 0.15) is 11.6 Å². The van der Waals surface area contributed by atoms with E-state index in [0.29, 0.717) is 17.8 Å². The van der Waals surface area contributed by atoms with Crippen molar-refractivity contribution in [2.24, 2.45) is 0 Å². The van der Waals surface area contributed by atoms with E-state index in [1.54, 1.807) is 12.1 Å². The highest BCUT2D eigenvalue weighted by Crippen LogP contribution is 2.26. The first-order valence-corrected chi connectivity index (χ1v) is 8.07. The van der Waals surface area contributed by atoms with Crippen molar-refractivity contribution < 1.29 is 9.18 Å². The van der Waals surface area contributed by atoms with E-state index in [-0.39, 0.29) is 16.1 Å². The maximum Gasteiger partial charge on any atom is 0.199 e. The zero-order valence-corrected chi connectivity index (χ0v) is 14.5. The molecule has 0 radical (unpaired) electrons. The minimum absolute atomic E-state index is 0.101. The molecule has 2 aromatic rings. The number of pyridine rings is 1. The van der Waals surface area contributed by atoms with E-state index in [0.717, 1.165) is 6.42 Å². The Labute approximate surface area is 141 Å². The molecule has 0 aliphatic heterocycles. The Morgan fingerprint density at radius 2 is 1.87 bits per heavy atom. The van der Waals surface area contributed by atoms with E-state index in [2.05, 4.69) is 18.8 Å². The Hall–Kier alpha value is -1.94. The lowest BCUT2D eigenvalue weighted by Crippen LogP contribution is -2.08. The number of nitrogens with two attached hydrogens (primary N) is 1. The van der Waals surface area contributed by atoms with Crippen molar-refractivity contribution in [3.8, 4) is 0 Å².